The van der Waals surface area contributed by atoms with Gasteiger partial charge in [0.2, 0.25) is 11.8 Å². The van der Waals surface area contributed by atoms with Crippen molar-refractivity contribution in [1.29, 1.82) is 0 Å². The Labute approximate surface area is 165 Å². The average Bonchev–Trinajstić information content (AvgIpc) is 3.08. The zero-order valence-corrected chi connectivity index (χ0v) is 15.9. The van der Waals surface area contributed by atoms with Crippen molar-refractivity contribution in [3.63, 3.8) is 0 Å². The van der Waals surface area contributed by atoms with Crippen molar-refractivity contribution in [1.82, 2.24) is 25.6 Å². The highest BCUT2D eigenvalue weighted by molar-refractivity contribution is 7.99. The molecule has 2 N–H and O–H groups in total. The van der Waals surface area contributed by atoms with E-state index in [1.165, 1.54) is 30.8 Å². The maximum absolute atomic E-state index is 13.3. The molecule has 0 bridgehead atoms. The summed E-state index contributed by atoms with van der Waals surface area (Å²) in [4.78, 5) is 22.7. The molecule has 9 heteroatoms. The third kappa shape index (κ3) is 5.17. The average molecular weight is 399 g/mol. The van der Waals surface area contributed by atoms with Gasteiger partial charge in [0.05, 0.1) is 12.3 Å². The molecule has 0 aliphatic rings. The highest BCUT2D eigenvalue weighted by Gasteiger charge is 2.16. The van der Waals surface area contributed by atoms with Gasteiger partial charge in [0, 0.05) is 12.5 Å². The van der Waals surface area contributed by atoms with E-state index in [1.54, 1.807) is 12.1 Å². The van der Waals surface area contributed by atoms with Crippen LogP contribution in [0.5, 0.6) is 0 Å². The Morgan fingerprint density at radius 1 is 1.04 bits per heavy atom. The number of thioether (sulfide) groups is 1. The van der Waals surface area contributed by atoms with Crippen LogP contribution < -0.4 is 10.9 Å². The topological polar surface area (TPSA) is 88.9 Å². The fraction of sp³-hybridized carbons (Fsp3) is 0.158. The van der Waals surface area contributed by atoms with Gasteiger partial charge in [0.1, 0.15) is 5.82 Å². The zero-order valence-electron chi connectivity index (χ0n) is 15.1. The van der Waals surface area contributed by atoms with E-state index in [2.05, 4.69) is 21.0 Å². The molecule has 2 amide bonds. The number of hydrogen-bond acceptors (Lipinski definition) is 5. The monoisotopic (exact) mass is 399 g/mol. The summed E-state index contributed by atoms with van der Waals surface area (Å²) in [6, 6.07) is 15.8. The molecule has 28 heavy (non-hydrogen) atoms. The molecule has 0 radical (unpaired) electrons. The SMILES string of the molecule is CC(=O)NNC(=O)CSc1nnc(-c2ccc(F)cc2)n1Cc1ccccc1. The van der Waals surface area contributed by atoms with Crippen molar-refractivity contribution >= 4 is 23.6 Å². The predicted molar refractivity (Wildman–Crippen MR) is 104 cm³/mol. The maximum atomic E-state index is 13.3. The van der Waals surface area contributed by atoms with Crippen molar-refractivity contribution in [3.8, 4) is 11.4 Å². The van der Waals surface area contributed by atoms with Crippen LogP contribution in [-0.2, 0) is 16.1 Å². The molecule has 144 valence electrons. The van der Waals surface area contributed by atoms with Crippen LogP contribution in [0.25, 0.3) is 11.4 Å². The molecule has 3 aromatic rings. The first-order valence-electron chi connectivity index (χ1n) is 8.44. The molecule has 0 fully saturated rings. The van der Waals surface area contributed by atoms with Gasteiger partial charge in [-0.25, -0.2) is 4.39 Å². The van der Waals surface area contributed by atoms with E-state index in [0.29, 0.717) is 17.5 Å². The number of benzene rings is 2. The van der Waals surface area contributed by atoms with E-state index < -0.39 is 0 Å². The third-order valence-electron chi connectivity index (χ3n) is 3.71. The number of amides is 2. The van der Waals surface area contributed by atoms with Crippen LogP contribution in [-0.4, -0.2) is 32.3 Å². The summed E-state index contributed by atoms with van der Waals surface area (Å²) in [5.74, 6) is -0.422. The summed E-state index contributed by atoms with van der Waals surface area (Å²) in [7, 11) is 0. The molecule has 0 aliphatic carbocycles. The van der Waals surface area contributed by atoms with Crippen molar-refractivity contribution in [2.45, 2.75) is 18.6 Å². The molecule has 0 saturated heterocycles. The second kappa shape index (κ2) is 9.14. The Balaban J connectivity index is 1.83. The zero-order chi connectivity index (χ0) is 19.9. The standard InChI is InChI=1S/C19H18FN5O2S/c1-13(26)21-22-17(27)12-28-19-24-23-18(15-7-9-16(20)10-8-15)25(19)11-14-5-3-2-4-6-14/h2-10H,11-12H2,1H3,(H,21,26)(H,22,27). The summed E-state index contributed by atoms with van der Waals surface area (Å²) in [6.07, 6.45) is 0. The first-order chi connectivity index (χ1) is 13.5. The molecule has 1 heterocycles. The van der Waals surface area contributed by atoms with Crippen LogP contribution in [0.4, 0.5) is 4.39 Å². The van der Waals surface area contributed by atoms with E-state index in [9.17, 15) is 14.0 Å². The molecule has 3 rings (SSSR count). The molecule has 0 unspecified atom stereocenters. The summed E-state index contributed by atoms with van der Waals surface area (Å²) >= 11 is 1.20. The summed E-state index contributed by atoms with van der Waals surface area (Å²) < 4.78 is 15.1. The van der Waals surface area contributed by atoms with E-state index >= 15 is 0 Å². The second-order valence-corrected chi connectivity index (χ2v) is 6.85. The minimum Gasteiger partial charge on any atom is -0.298 e. The van der Waals surface area contributed by atoms with Gasteiger partial charge in [-0.05, 0) is 29.8 Å². The normalized spacial score (nSPS) is 10.5. The lowest BCUT2D eigenvalue weighted by molar-refractivity contribution is -0.126. The molecule has 1 aromatic heterocycles. The quantitative estimate of drug-likeness (QED) is 0.491. The number of hydrogen-bond donors (Lipinski definition) is 2. The highest BCUT2D eigenvalue weighted by Crippen LogP contribution is 2.25. The van der Waals surface area contributed by atoms with E-state index in [-0.39, 0.29) is 23.4 Å². The Hall–Kier alpha value is -3.20. The van der Waals surface area contributed by atoms with Gasteiger partial charge in [-0.15, -0.1) is 10.2 Å². The van der Waals surface area contributed by atoms with Gasteiger partial charge in [0.15, 0.2) is 11.0 Å². The Morgan fingerprint density at radius 2 is 1.75 bits per heavy atom. The van der Waals surface area contributed by atoms with Crippen LogP contribution in [0.15, 0.2) is 59.8 Å². The largest absolute Gasteiger partial charge is 0.298 e. The number of rotatable bonds is 6. The maximum Gasteiger partial charge on any atom is 0.248 e. The molecule has 7 nitrogen and oxygen atoms in total. The molecular weight excluding hydrogens is 381 g/mol. The minimum absolute atomic E-state index is 0.0522. The molecule has 0 spiro atoms. The number of carbonyl (C=O) groups excluding carboxylic acids is 2. The Bertz CT molecular complexity index is 960. The second-order valence-electron chi connectivity index (χ2n) is 5.90. The van der Waals surface area contributed by atoms with Gasteiger partial charge in [-0.2, -0.15) is 0 Å². The van der Waals surface area contributed by atoms with Crippen LogP contribution in [0.2, 0.25) is 0 Å². The van der Waals surface area contributed by atoms with Gasteiger partial charge >= 0.3 is 0 Å². The highest BCUT2D eigenvalue weighted by atomic mass is 32.2. The lowest BCUT2D eigenvalue weighted by Crippen LogP contribution is -2.41. The van der Waals surface area contributed by atoms with Crippen LogP contribution in [0.1, 0.15) is 12.5 Å². The van der Waals surface area contributed by atoms with E-state index in [0.717, 1.165) is 11.1 Å². The number of halogens is 1. The lowest BCUT2D eigenvalue weighted by atomic mass is 10.2. The van der Waals surface area contributed by atoms with Gasteiger partial charge in [-0.1, -0.05) is 42.1 Å². The van der Waals surface area contributed by atoms with Gasteiger partial charge in [0.25, 0.3) is 0 Å². The van der Waals surface area contributed by atoms with E-state index in [1.807, 2.05) is 34.9 Å². The number of nitrogens with zero attached hydrogens (tertiary/aromatic N) is 3. The summed E-state index contributed by atoms with van der Waals surface area (Å²) in [5.41, 5.74) is 6.31. The first-order valence-corrected chi connectivity index (χ1v) is 9.43. The number of nitrogens with one attached hydrogen (secondary N) is 2. The van der Waals surface area contributed by atoms with Crippen molar-refractivity contribution in [2.24, 2.45) is 0 Å². The Morgan fingerprint density at radius 3 is 2.43 bits per heavy atom. The molecular formula is C19H18FN5O2S. The first kappa shape index (κ1) is 19.6. The minimum atomic E-state index is -0.363. The lowest BCUT2D eigenvalue weighted by Gasteiger charge is -2.11. The molecule has 0 saturated carbocycles. The van der Waals surface area contributed by atoms with Gasteiger partial charge in [-0.3, -0.25) is 25.0 Å². The number of carbonyl (C=O) groups is 2. The van der Waals surface area contributed by atoms with Crippen molar-refractivity contribution in [3.05, 3.63) is 66.0 Å². The van der Waals surface area contributed by atoms with Crippen LogP contribution >= 0.6 is 11.8 Å². The Kier molecular flexibility index (Phi) is 6.38. The summed E-state index contributed by atoms with van der Waals surface area (Å²) in [5, 5.41) is 8.97. The predicted octanol–water partition coefficient (Wildman–Crippen LogP) is 2.39. The van der Waals surface area contributed by atoms with Crippen molar-refractivity contribution in [2.75, 3.05) is 5.75 Å². The van der Waals surface area contributed by atoms with Crippen LogP contribution in [0, 0.1) is 5.82 Å². The van der Waals surface area contributed by atoms with Crippen LogP contribution in [0.3, 0.4) is 0 Å². The number of hydrazine groups is 1. The molecule has 0 atom stereocenters. The fourth-order valence-electron chi connectivity index (χ4n) is 2.44. The summed E-state index contributed by atoms with van der Waals surface area (Å²) in [6.45, 7) is 1.80. The van der Waals surface area contributed by atoms with Crippen molar-refractivity contribution < 1.29 is 14.0 Å². The smallest absolute Gasteiger partial charge is 0.248 e. The van der Waals surface area contributed by atoms with Gasteiger partial charge < -0.3 is 0 Å². The molecule has 0 aliphatic heterocycles. The fourth-order valence-corrected chi connectivity index (χ4v) is 3.18. The third-order valence-corrected chi connectivity index (χ3v) is 4.68. The number of aromatic nitrogens is 3. The van der Waals surface area contributed by atoms with E-state index in [4.69, 9.17) is 0 Å². The molecule has 2 aromatic carbocycles.